The normalized spacial score (nSPS) is 12.8. The van der Waals surface area contributed by atoms with E-state index in [1.807, 2.05) is 13.8 Å². The van der Waals surface area contributed by atoms with E-state index in [0.717, 1.165) is 12.8 Å². The first-order valence-corrected chi connectivity index (χ1v) is 7.86. The van der Waals surface area contributed by atoms with E-state index >= 15 is 0 Å². The summed E-state index contributed by atoms with van der Waals surface area (Å²) < 4.78 is 27.8. The third-order valence-corrected chi connectivity index (χ3v) is 3.84. The molecule has 3 N–H and O–H groups in total. The molecule has 1 amide bonds. The highest BCUT2D eigenvalue weighted by Crippen LogP contribution is 2.27. The Hall–Kier alpha value is -1.60. The van der Waals surface area contributed by atoms with Crippen molar-refractivity contribution in [1.82, 2.24) is 0 Å². The van der Waals surface area contributed by atoms with E-state index in [0.29, 0.717) is 11.4 Å². The average Bonchev–Trinajstić information content (AvgIpc) is 2.37. The van der Waals surface area contributed by atoms with E-state index in [9.17, 15) is 13.2 Å². The predicted octanol–water partition coefficient (Wildman–Crippen LogP) is 1.72. The standard InChI is InChI=1S/C13H20N2O4S/c1-4-5-9(2)13(16)15-11-8-10(20(14,17)18)6-7-12(11)19-3/h6-9H,4-5H2,1-3H3,(H,15,16)(H2,14,17,18). The fourth-order valence-corrected chi connectivity index (χ4v) is 2.32. The lowest BCUT2D eigenvalue weighted by molar-refractivity contribution is -0.119. The lowest BCUT2D eigenvalue weighted by atomic mass is 10.1. The quantitative estimate of drug-likeness (QED) is 0.835. The van der Waals surface area contributed by atoms with Crippen molar-refractivity contribution in [2.75, 3.05) is 12.4 Å². The maximum absolute atomic E-state index is 12.0. The predicted molar refractivity (Wildman–Crippen MR) is 77.1 cm³/mol. The summed E-state index contributed by atoms with van der Waals surface area (Å²) in [6.45, 7) is 3.81. The van der Waals surface area contributed by atoms with Crippen LogP contribution in [0.25, 0.3) is 0 Å². The molecule has 7 heteroatoms. The van der Waals surface area contributed by atoms with Gasteiger partial charge in [0.15, 0.2) is 0 Å². The van der Waals surface area contributed by atoms with Gasteiger partial charge in [-0.1, -0.05) is 20.3 Å². The van der Waals surface area contributed by atoms with Crippen LogP contribution in [-0.2, 0) is 14.8 Å². The molecular weight excluding hydrogens is 280 g/mol. The van der Waals surface area contributed by atoms with Crippen molar-refractivity contribution in [2.24, 2.45) is 11.1 Å². The fourth-order valence-electron chi connectivity index (χ4n) is 1.78. The molecule has 0 spiro atoms. The minimum atomic E-state index is -3.82. The molecule has 0 fully saturated rings. The molecule has 1 rings (SSSR count). The van der Waals surface area contributed by atoms with Crippen molar-refractivity contribution >= 4 is 21.6 Å². The highest BCUT2D eigenvalue weighted by molar-refractivity contribution is 7.89. The van der Waals surface area contributed by atoms with Crippen LogP contribution in [0.4, 0.5) is 5.69 Å². The first-order chi connectivity index (χ1) is 9.29. The second-order valence-corrected chi connectivity index (χ2v) is 6.15. The fraction of sp³-hybridized carbons (Fsp3) is 0.462. The summed E-state index contributed by atoms with van der Waals surface area (Å²) in [5.41, 5.74) is 0.298. The molecule has 0 saturated carbocycles. The van der Waals surface area contributed by atoms with Gasteiger partial charge in [0.2, 0.25) is 15.9 Å². The minimum Gasteiger partial charge on any atom is -0.495 e. The van der Waals surface area contributed by atoms with E-state index in [4.69, 9.17) is 9.88 Å². The number of hydrogen-bond acceptors (Lipinski definition) is 4. The molecule has 6 nitrogen and oxygen atoms in total. The van der Waals surface area contributed by atoms with Crippen LogP contribution in [0.5, 0.6) is 5.75 Å². The minimum absolute atomic E-state index is 0.0725. The van der Waals surface area contributed by atoms with Gasteiger partial charge in [-0.25, -0.2) is 13.6 Å². The van der Waals surface area contributed by atoms with Crippen LogP contribution in [0, 0.1) is 5.92 Å². The highest BCUT2D eigenvalue weighted by Gasteiger charge is 2.17. The summed E-state index contributed by atoms with van der Waals surface area (Å²) in [5.74, 6) is 0.0361. The van der Waals surface area contributed by atoms with Crippen LogP contribution in [0.1, 0.15) is 26.7 Å². The Labute approximate surface area is 119 Å². The first-order valence-electron chi connectivity index (χ1n) is 6.31. The van der Waals surface area contributed by atoms with Crippen molar-refractivity contribution in [2.45, 2.75) is 31.6 Å². The van der Waals surface area contributed by atoms with Gasteiger partial charge < -0.3 is 10.1 Å². The van der Waals surface area contributed by atoms with Crippen LogP contribution in [0.15, 0.2) is 23.1 Å². The van der Waals surface area contributed by atoms with Gasteiger partial charge >= 0.3 is 0 Å². The summed E-state index contributed by atoms with van der Waals surface area (Å²) in [4.78, 5) is 11.9. The van der Waals surface area contributed by atoms with Gasteiger partial charge in [0.25, 0.3) is 0 Å². The van der Waals surface area contributed by atoms with Crippen LogP contribution in [-0.4, -0.2) is 21.4 Å². The number of methoxy groups -OCH3 is 1. The summed E-state index contributed by atoms with van der Waals surface area (Å²) in [5, 5.41) is 7.75. The molecule has 1 aromatic rings. The molecule has 0 bridgehead atoms. The molecule has 0 aliphatic rings. The Morgan fingerprint density at radius 3 is 2.60 bits per heavy atom. The molecule has 0 radical (unpaired) electrons. The SMILES string of the molecule is CCCC(C)C(=O)Nc1cc(S(N)(=O)=O)ccc1OC. The van der Waals surface area contributed by atoms with E-state index in [1.54, 1.807) is 0 Å². The number of carbonyl (C=O) groups is 1. The molecule has 0 aliphatic heterocycles. The number of rotatable bonds is 6. The largest absolute Gasteiger partial charge is 0.495 e. The van der Waals surface area contributed by atoms with Gasteiger partial charge in [0.05, 0.1) is 17.7 Å². The zero-order chi connectivity index (χ0) is 15.3. The monoisotopic (exact) mass is 300 g/mol. The van der Waals surface area contributed by atoms with E-state index in [1.165, 1.54) is 25.3 Å². The van der Waals surface area contributed by atoms with Crippen LogP contribution < -0.4 is 15.2 Å². The van der Waals surface area contributed by atoms with Crippen molar-refractivity contribution in [3.63, 3.8) is 0 Å². The maximum Gasteiger partial charge on any atom is 0.238 e. The van der Waals surface area contributed by atoms with Crippen LogP contribution in [0.3, 0.4) is 0 Å². The smallest absolute Gasteiger partial charge is 0.238 e. The van der Waals surface area contributed by atoms with Gasteiger partial charge in [-0.3, -0.25) is 4.79 Å². The van der Waals surface area contributed by atoms with Gasteiger partial charge in [-0.05, 0) is 24.6 Å². The molecule has 1 unspecified atom stereocenters. The van der Waals surface area contributed by atoms with Crippen molar-refractivity contribution in [1.29, 1.82) is 0 Å². The van der Waals surface area contributed by atoms with Crippen molar-refractivity contribution in [3.05, 3.63) is 18.2 Å². The Kier molecular flexibility index (Phi) is 5.52. The Morgan fingerprint density at radius 2 is 2.10 bits per heavy atom. The molecule has 112 valence electrons. The average molecular weight is 300 g/mol. The van der Waals surface area contributed by atoms with Crippen LogP contribution >= 0.6 is 0 Å². The molecule has 0 saturated heterocycles. The van der Waals surface area contributed by atoms with E-state index in [2.05, 4.69) is 5.32 Å². The topological polar surface area (TPSA) is 98.5 Å². The molecule has 1 atom stereocenters. The Balaban J connectivity index is 3.06. The van der Waals surface area contributed by atoms with Gasteiger partial charge in [0, 0.05) is 5.92 Å². The number of ether oxygens (including phenoxy) is 1. The first kappa shape index (κ1) is 16.5. The molecule has 0 aliphatic carbocycles. The van der Waals surface area contributed by atoms with Gasteiger partial charge in [-0.15, -0.1) is 0 Å². The summed E-state index contributed by atoms with van der Waals surface area (Å²) in [6.07, 6.45) is 1.64. The van der Waals surface area contributed by atoms with Crippen molar-refractivity contribution in [3.8, 4) is 5.75 Å². The number of benzene rings is 1. The zero-order valence-corrected chi connectivity index (χ0v) is 12.7. The summed E-state index contributed by atoms with van der Waals surface area (Å²) in [6, 6.07) is 4.09. The zero-order valence-electron chi connectivity index (χ0n) is 11.8. The third-order valence-electron chi connectivity index (χ3n) is 2.93. The number of nitrogens with two attached hydrogens (primary N) is 1. The number of amides is 1. The van der Waals surface area contributed by atoms with E-state index < -0.39 is 10.0 Å². The van der Waals surface area contributed by atoms with Crippen molar-refractivity contribution < 1.29 is 17.9 Å². The number of sulfonamides is 1. The van der Waals surface area contributed by atoms with Gasteiger partial charge in [0.1, 0.15) is 5.75 Å². The molecule has 20 heavy (non-hydrogen) atoms. The van der Waals surface area contributed by atoms with Gasteiger partial charge in [-0.2, -0.15) is 0 Å². The second-order valence-electron chi connectivity index (χ2n) is 4.59. The lowest BCUT2D eigenvalue weighted by Crippen LogP contribution is -2.21. The highest BCUT2D eigenvalue weighted by atomic mass is 32.2. The molecule has 0 aromatic heterocycles. The second kappa shape index (κ2) is 6.71. The lowest BCUT2D eigenvalue weighted by Gasteiger charge is -2.14. The Morgan fingerprint density at radius 1 is 1.45 bits per heavy atom. The number of carbonyl (C=O) groups excluding carboxylic acids is 1. The molecule has 0 heterocycles. The summed E-state index contributed by atoms with van der Waals surface area (Å²) in [7, 11) is -2.38. The molecular formula is C13H20N2O4S. The number of hydrogen-bond donors (Lipinski definition) is 2. The summed E-state index contributed by atoms with van der Waals surface area (Å²) >= 11 is 0. The van der Waals surface area contributed by atoms with E-state index in [-0.39, 0.29) is 16.7 Å². The third kappa shape index (κ3) is 4.21. The number of primary sulfonamides is 1. The van der Waals surface area contributed by atoms with Crippen LogP contribution in [0.2, 0.25) is 0 Å². The number of anilines is 1. The molecule has 1 aromatic carbocycles. The maximum atomic E-state index is 12.0. The number of nitrogens with one attached hydrogen (secondary N) is 1. The Bertz CT molecular complexity index is 584.